The first-order valence-electron chi connectivity index (χ1n) is 9.41. The highest BCUT2D eigenvalue weighted by Crippen LogP contribution is 2.26. The zero-order chi connectivity index (χ0) is 17.8. The molecule has 2 aromatic rings. The molecule has 7 heteroatoms. The first kappa shape index (κ1) is 17.0. The van der Waals surface area contributed by atoms with Crippen LogP contribution in [0.5, 0.6) is 0 Å². The minimum Gasteiger partial charge on any atom is -0.376 e. The second-order valence-electron chi connectivity index (χ2n) is 7.02. The highest BCUT2D eigenvalue weighted by molar-refractivity contribution is 5.74. The van der Waals surface area contributed by atoms with Crippen molar-refractivity contribution in [2.45, 2.75) is 37.7 Å². The molecule has 0 bridgehead atoms. The number of carbonyl (C=O) groups is 1. The molecule has 3 heterocycles. The van der Waals surface area contributed by atoms with Gasteiger partial charge in [0.05, 0.1) is 6.10 Å². The Morgan fingerprint density at radius 3 is 2.96 bits per heavy atom. The number of hydrogen-bond acceptors (Lipinski definition) is 4. The molecule has 0 spiro atoms. The zero-order valence-corrected chi connectivity index (χ0v) is 14.9. The number of aromatic nitrogens is 3. The molecule has 2 N–H and O–H groups in total. The highest BCUT2D eigenvalue weighted by Gasteiger charge is 2.27. The van der Waals surface area contributed by atoms with Crippen LogP contribution in [0, 0.1) is 0 Å². The molecule has 26 heavy (non-hydrogen) atoms. The summed E-state index contributed by atoms with van der Waals surface area (Å²) in [5.41, 5.74) is 0.997. The van der Waals surface area contributed by atoms with Crippen LogP contribution in [0.4, 0.5) is 4.79 Å². The van der Waals surface area contributed by atoms with Crippen molar-refractivity contribution in [2.75, 3.05) is 26.2 Å². The van der Waals surface area contributed by atoms with Gasteiger partial charge in [0, 0.05) is 37.7 Å². The molecule has 1 aromatic heterocycles. The second kappa shape index (κ2) is 7.86. The lowest BCUT2D eigenvalue weighted by Crippen LogP contribution is -2.46. The smallest absolute Gasteiger partial charge is 0.317 e. The van der Waals surface area contributed by atoms with Crippen LogP contribution in [-0.4, -0.2) is 58.5 Å². The summed E-state index contributed by atoms with van der Waals surface area (Å²) >= 11 is 0. The molecule has 7 nitrogen and oxygen atoms in total. The summed E-state index contributed by atoms with van der Waals surface area (Å²) in [6, 6.07) is 9.92. The number of amides is 2. The van der Waals surface area contributed by atoms with Crippen LogP contribution in [0.2, 0.25) is 0 Å². The van der Waals surface area contributed by atoms with Gasteiger partial charge in [-0.05, 0) is 25.7 Å². The predicted molar refractivity (Wildman–Crippen MR) is 97.7 cm³/mol. The van der Waals surface area contributed by atoms with Crippen LogP contribution in [0.1, 0.15) is 37.4 Å². The lowest BCUT2D eigenvalue weighted by atomic mass is 9.97. The summed E-state index contributed by atoms with van der Waals surface area (Å²) in [4.78, 5) is 19.0. The standard InChI is InChI=1S/C19H25N5O2/c25-19(20-12-16-9-5-11-26-16)24-10-4-8-15(13-24)18-21-17(22-23-18)14-6-2-1-3-7-14/h1-3,6-7,15-16H,4-5,8-13H2,(H,20,25)(H,21,22,23)/t15-,16+/m1/s1. The van der Waals surface area contributed by atoms with Gasteiger partial charge >= 0.3 is 6.03 Å². The molecule has 2 aliphatic rings. The first-order valence-corrected chi connectivity index (χ1v) is 9.41. The number of benzene rings is 1. The Morgan fingerprint density at radius 2 is 2.15 bits per heavy atom. The summed E-state index contributed by atoms with van der Waals surface area (Å²) in [6.07, 6.45) is 4.27. The predicted octanol–water partition coefficient (Wildman–Crippen LogP) is 2.54. The largest absolute Gasteiger partial charge is 0.376 e. The van der Waals surface area contributed by atoms with Gasteiger partial charge in [-0.1, -0.05) is 30.3 Å². The van der Waals surface area contributed by atoms with Crippen molar-refractivity contribution >= 4 is 6.03 Å². The minimum absolute atomic E-state index is 0.00648. The maximum atomic E-state index is 12.5. The van der Waals surface area contributed by atoms with Gasteiger partial charge in [-0.25, -0.2) is 9.78 Å². The molecule has 2 amide bonds. The number of ether oxygens (including phenoxy) is 1. The number of H-pyrrole nitrogens is 1. The van der Waals surface area contributed by atoms with Crippen LogP contribution in [0.3, 0.4) is 0 Å². The summed E-state index contributed by atoms with van der Waals surface area (Å²) < 4.78 is 5.57. The van der Waals surface area contributed by atoms with E-state index in [9.17, 15) is 4.79 Å². The van der Waals surface area contributed by atoms with Crippen molar-refractivity contribution in [2.24, 2.45) is 0 Å². The van der Waals surface area contributed by atoms with E-state index in [1.165, 1.54) is 0 Å². The number of hydrogen-bond donors (Lipinski definition) is 2. The Morgan fingerprint density at radius 1 is 1.27 bits per heavy atom. The van der Waals surface area contributed by atoms with E-state index in [1.54, 1.807) is 0 Å². The first-order chi connectivity index (χ1) is 12.8. The number of carbonyl (C=O) groups excluding carboxylic acids is 1. The van der Waals surface area contributed by atoms with Crippen LogP contribution in [0.25, 0.3) is 11.4 Å². The third-order valence-corrected chi connectivity index (χ3v) is 5.13. The maximum absolute atomic E-state index is 12.5. The number of nitrogens with one attached hydrogen (secondary N) is 2. The average Bonchev–Trinajstić information content (AvgIpc) is 3.39. The molecular weight excluding hydrogens is 330 g/mol. The van der Waals surface area contributed by atoms with Crippen molar-refractivity contribution in [3.63, 3.8) is 0 Å². The molecule has 2 fully saturated rings. The van der Waals surface area contributed by atoms with Crippen molar-refractivity contribution < 1.29 is 9.53 Å². The number of aromatic amines is 1. The highest BCUT2D eigenvalue weighted by atomic mass is 16.5. The van der Waals surface area contributed by atoms with Gasteiger partial charge in [-0.2, -0.15) is 5.10 Å². The number of likely N-dealkylation sites (tertiary alicyclic amines) is 1. The Labute approximate surface area is 153 Å². The molecule has 1 aromatic carbocycles. The van der Waals surface area contributed by atoms with Crippen molar-refractivity contribution in [3.8, 4) is 11.4 Å². The quantitative estimate of drug-likeness (QED) is 0.883. The molecule has 138 valence electrons. The Bertz CT molecular complexity index is 727. The van der Waals surface area contributed by atoms with Crippen LogP contribution < -0.4 is 5.32 Å². The molecular formula is C19H25N5O2. The molecule has 4 rings (SSSR count). The third kappa shape index (κ3) is 3.88. The minimum atomic E-state index is -0.00648. The van der Waals surface area contributed by atoms with E-state index in [0.29, 0.717) is 18.9 Å². The summed E-state index contributed by atoms with van der Waals surface area (Å²) in [5, 5.41) is 10.4. The molecule has 0 aliphatic carbocycles. The fourth-order valence-corrected chi connectivity index (χ4v) is 3.68. The van der Waals surface area contributed by atoms with Crippen LogP contribution >= 0.6 is 0 Å². The lowest BCUT2D eigenvalue weighted by molar-refractivity contribution is 0.107. The van der Waals surface area contributed by atoms with Gasteiger partial charge in [0.2, 0.25) is 0 Å². The summed E-state index contributed by atoms with van der Waals surface area (Å²) in [5.74, 6) is 1.77. The normalized spacial score (nSPS) is 23.2. The Balaban J connectivity index is 1.36. The lowest BCUT2D eigenvalue weighted by Gasteiger charge is -2.32. The zero-order valence-electron chi connectivity index (χ0n) is 14.9. The van der Waals surface area contributed by atoms with Gasteiger partial charge in [0.15, 0.2) is 5.82 Å². The molecule has 2 aliphatic heterocycles. The van der Waals surface area contributed by atoms with E-state index < -0.39 is 0 Å². The van der Waals surface area contributed by atoms with Gasteiger partial charge in [0.25, 0.3) is 0 Å². The Hall–Kier alpha value is -2.41. The maximum Gasteiger partial charge on any atom is 0.317 e. The number of urea groups is 1. The van der Waals surface area contributed by atoms with Crippen molar-refractivity contribution in [3.05, 3.63) is 36.2 Å². The number of piperidine rings is 1. The van der Waals surface area contributed by atoms with Crippen LogP contribution in [-0.2, 0) is 4.74 Å². The van der Waals surface area contributed by atoms with Gasteiger partial charge in [-0.15, -0.1) is 0 Å². The van der Waals surface area contributed by atoms with Gasteiger partial charge in [-0.3, -0.25) is 5.10 Å². The van der Waals surface area contributed by atoms with E-state index in [-0.39, 0.29) is 18.1 Å². The number of nitrogens with zero attached hydrogens (tertiary/aromatic N) is 3. The summed E-state index contributed by atoms with van der Waals surface area (Å²) in [7, 11) is 0. The molecule has 0 radical (unpaired) electrons. The van der Waals surface area contributed by atoms with Crippen molar-refractivity contribution in [1.82, 2.24) is 25.4 Å². The van der Waals surface area contributed by atoms with Gasteiger partial charge in [0.1, 0.15) is 5.82 Å². The SMILES string of the molecule is O=C(NC[C@@H]1CCCO1)N1CCC[C@@H](c2nc(-c3ccccc3)n[nH]2)C1. The monoisotopic (exact) mass is 355 g/mol. The molecule has 2 saturated heterocycles. The third-order valence-electron chi connectivity index (χ3n) is 5.13. The van der Waals surface area contributed by atoms with Crippen LogP contribution in [0.15, 0.2) is 30.3 Å². The van der Waals surface area contributed by atoms with E-state index in [0.717, 1.165) is 50.2 Å². The topological polar surface area (TPSA) is 83.1 Å². The van der Waals surface area contributed by atoms with Gasteiger partial charge < -0.3 is 15.0 Å². The van der Waals surface area contributed by atoms with E-state index >= 15 is 0 Å². The Kier molecular flexibility index (Phi) is 5.15. The number of rotatable bonds is 4. The fraction of sp³-hybridized carbons (Fsp3) is 0.526. The average molecular weight is 355 g/mol. The summed E-state index contributed by atoms with van der Waals surface area (Å²) in [6.45, 7) is 2.86. The van der Waals surface area contributed by atoms with E-state index in [4.69, 9.17) is 4.74 Å². The van der Waals surface area contributed by atoms with E-state index in [1.807, 2.05) is 35.2 Å². The van der Waals surface area contributed by atoms with E-state index in [2.05, 4.69) is 20.5 Å². The second-order valence-corrected chi connectivity index (χ2v) is 7.02. The molecule has 0 unspecified atom stereocenters. The molecule has 0 saturated carbocycles. The fourth-order valence-electron chi connectivity index (χ4n) is 3.68. The van der Waals surface area contributed by atoms with Crippen molar-refractivity contribution in [1.29, 1.82) is 0 Å². The molecule has 2 atom stereocenters.